The summed E-state index contributed by atoms with van der Waals surface area (Å²) in [4.78, 5) is 14.0. The normalized spacial score (nSPS) is 19.2. The van der Waals surface area contributed by atoms with Gasteiger partial charge in [0.25, 0.3) is 0 Å². The molecule has 0 radical (unpaired) electrons. The molecule has 3 atom stereocenters. The van der Waals surface area contributed by atoms with E-state index >= 15 is 0 Å². The second-order valence-corrected chi connectivity index (χ2v) is 9.51. The van der Waals surface area contributed by atoms with Gasteiger partial charge in [0.05, 0.1) is 18.8 Å². The first-order chi connectivity index (χ1) is 18.5. The summed E-state index contributed by atoms with van der Waals surface area (Å²) in [7, 11) is 2.10. The number of rotatable bonds is 11. The molecule has 7 nitrogen and oxygen atoms in total. The van der Waals surface area contributed by atoms with Crippen LogP contribution >= 0.6 is 0 Å². The number of nitrogens with one attached hydrogen (secondary N) is 1. The van der Waals surface area contributed by atoms with Crippen LogP contribution in [0.1, 0.15) is 46.6 Å². The van der Waals surface area contributed by atoms with E-state index < -0.39 is 12.4 Å². The summed E-state index contributed by atoms with van der Waals surface area (Å²) < 4.78 is 17.9. The Morgan fingerprint density at radius 2 is 1.68 bits per heavy atom. The van der Waals surface area contributed by atoms with Crippen LogP contribution in [0.4, 0.5) is 4.79 Å². The van der Waals surface area contributed by atoms with Crippen molar-refractivity contribution >= 4 is 6.09 Å². The van der Waals surface area contributed by atoms with Gasteiger partial charge in [-0.2, -0.15) is 0 Å². The van der Waals surface area contributed by atoms with Crippen LogP contribution in [0.25, 0.3) is 0 Å². The van der Waals surface area contributed by atoms with E-state index in [4.69, 9.17) is 14.2 Å². The quantitative estimate of drug-likeness (QED) is 0.338. The Kier molecular flexibility index (Phi) is 10.1. The highest BCUT2D eigenvalue weighted by atomic mass is 16.7. The predicted molar refractivity (Wildman–Crippen MR) is 146 cm³/mol. The van der Waals surface area contributed by atoms with E-state index in [2.05, 4.69) is 48.1 Å². The number of aliphatic hydroxyl groups excluding tert-OH is 1. The van der Waals surface area contributed by atoms with Crippen molar-refractivity contribution in [2.75, 3.05) is 20.2 Å². The molecule has 3 aromatic rings. The summed E-state index contributed by atoms with van der Waals surface area (Å²) in [5.74, 6) is 0. The van der Waals surface area contributed by atoms with E-state index in [1.165, 1.54) is 11.6 Å². The molecule has 1 saturated heterocycles. The Morgan fingerprint density at radius 1 is 1.00 bits per heavy atom. The largest absolute Gasteiger partial charge is 0.445 e. The number of hydrogen-bond acceptors (Lipinski definition) is 6. The van der Waals surface area contributed by atoms with E-state index in [9.17, 15) is 9.90 Å². The highest BCUT2D eigenvalue weighted by Gasteiger charge is 2.32. The number of ether oxygens (including phenoxy) is 3. The van der Waals surface area contributed by atoms with Crippen molar-refractivity contribution in [1.29, 1.82) is 0 Å². The number of aliphatic hydroxyl groups is 1. The van der Waals surface area contributed by atoms with Gasteiger partial charge in [0.15, 0.2) is 6.29 Å². The minimum atomic E-state index is -0.527. The van der Waals surface area contributed by atoms with Crippen LogP contribution in [0.3, 0.4) is 0 Å². The molecule has 1 aliphatic heterocycles. The van der Waals surface area contributed by atoms with Gasteiger partial charge in [-0.25, -0.2) is 4.79 Å². The zero-order valence-corrected chi connectivity index (χ0v) is 21.8. The fourth-order valence-corrected chi connectivity index (χ4v) is 4.49. The first-order valence-corrected chi connectivity index (χ1v) is 12.9. The van der Waals surface area contributed by atoms with Crippen molar-refractivity contribution in [2.45, 2.75) is 44.6 Å². The Hall–Kier alpha value is -3.49. The highest BCUT2D eigenvalue weighted by molar-refractivity contribution is 5.67. The predicted octanol–water partition coefficient (Wildman–Crippen LogP) is 5.27. The van der Waals surface area contributed by atoms with Crippen molar-refractivity contribution in [3.8, 4) is 0 Å². The van der Waals surface area contributed by atoms with Crippen LogP contribution in [0, 0.1) is 0 Å². The zero-order chi connectivity index (χ0) is 26.7. The third kappa shape index (κ3) is 8.00. The average molecular weight is 517 g/mol. The lowest BCUT2D eigenvalue weighted by Gasteiger charge is -2.38. The van der Waals surface area contributed by atoms with Gasteiger partial charge >= 0.3 is 6.09 Å². The summed E-state index contributed by atoms with van der Waals surface area (Å²) in [6, 6.07) is 26.1. The van der Waals surface area contributed by atoms with Crippen LogP contribution < -0.4 is 5.32 Å². The van der Waals surface area contributed by atoms with Gasteiger partial charge in [-0.1, -0.05) is 91.5 Å². The number of carbonyl (C=O) groups excluding carboxylic acids is 1. The number of hydrogen-bond donors (Lipinski definition) is 2. The summed E-state index contributed by atoms with van der Waals surface area (Å²) in [6.07, 6.45) is 1.07. The van der Waals surface area contributed by atoms with Gasteiger partial charge < -0.3 is 24.6 Å². The minimum absolute atomic E-state index is 0.0115. The van der Waals surface area contributed by atoms with Crippen LogP contribution in [0.5, 0.6) is 0 Å². The fourth-order valence-electron chi connectivity index (χ4n) is 4.49. The molecule has 2 N–H and O–H groups in total. The second kappa shape index (κ2) is 13.9. The first-order valence-electron chi connectivity index (χ1n) is 12.9. The van der Waals surface area contributed by atoms with E-state index in [-0.39, 0.29) is 25.4 Å². The lowest BCUT2D eigenvalue weighted by molar-refractivity contribution is -0.252. The van der Waals surface area contributed by atoms with E-state index in [1.807, 2.05) is 54.6 Å². The molecule has 1 fully saturated rings. The number of benzene rings is 3. The molecule has 1 amide bonds. The van der Waals surface area contributed by atoms with Gasteiger partial charge in [-0.15, -0.1) is 0 Å². The minimum Gasteiger partial charge on any atom is -0.445 e. The standard InChI is InChI=1S/C31H36N2O5/c1-3-17-36-31(35)32-19-23-9-15-27(16-10-23)30-37-28(21-33(2)20-24-7-5-4-6-8-24)18-29(38-30)26-13-11-25(22-34)12-14-26/h3-16,28-30,34H,1,17-22H2,2H3,(H,32,35). The van der Waals surface area contributed by atoms with Crippen molar-refractivity contribution in [1.82, 2.24) is 10.2 Å². The van der Waals surface area contributed by atoms with Crippen LogP contribution in [0.15, 0.2) is 91.5 Å². The molecule has 0 bridgehead atoms. The molecular formula is C31H36N2O5. The molecule has 1 heterocycles. The summed E-state index contributed by atoms with van der Waals surface area (Å²) in [5.41, 5.74) is 5.04. The average Bonchev–Trinajstić information content (AvgIpc) is 2.95. The van der Waals surface area contributed by atoms with Crippen LogP contribution in [-0.2, 0) is 33.9 Å². The van der Waals surface area contributed by atoms with Crippen LogP contribution in [0.2, 0.25) is 0 Å². The van der Waals surface area contributed by atoms with Crippen LogP contribution in [-0.4, -0.2) is 42.4 Å². The Bertz CT molecular complexity index is 1150. The molecule has 0 aromatic heterocycles. The summed E-state index contributed by atoms with van der Waals surface area (Å²) >= 11 is 0. The maximum atomic E-state index is 11.7. The lowest BCUT2D eigenvalue weighted by Crippen LogP contribution is -2.37. The van der Waals surface area contributed by atoms with Gasteiger partial charge in [0.1, 0.15) is 6.61 Å². The molecule has 3 unspecified atom stereocenters. The zero-order valence-electron chi connectivity index (χ0n) is 21.8. The van der Waals surface area contributed by atoms with E-state index in [1.54, 1.807) is 0 Å². The Balaban J connectivity index is 1.45. The number of alkyl carbamates (subject to hydrolysis) is 1. The third-order valence-electron chi connectivity index (χ3n) is 6.45. The molecule has 7 heteroatoms. The first kappa shape index (κ1) is 27.5. The smallest absolute Gasteiger partial charge is 0.407 e. The number of amides is 1. The van der Waals surface area contributed by atoms with Gasteiger partial charge in [0, 0.05) is 31.6 Å². The molecule has 4 rings (SSSR count). The Labute approximate surface area is 224 Å². The second-order valence-electron chi connectivity index (χ2n) is 9.51. The molecule has 0 aliphatic carbocycles. The fraction of sp³-hybridized carbons (Fsp3) is 0.323. The molecule has 0 spiro atoms. The SMILES string of the molecule is C=CCOC(=O)NCc1ccc(C2OC(CN(C)Cc3ccccc3)CC(c3ccc(CO)cc3)O2)cc1. The molecule has 3 aromatic carbocycles. The maximum absolute atomic E-state index is 11.7. The van der Waals surface area contributed by atoms with Gasteiger partial charge in [-0.05, 0) is 29.3 Å². The summed E-state index contributed by atoms with van der Waals surface area (Å²) in [5, 5.41) is 12.2. The van der Waals surface area contributed by atoms with Crippen molar-refractivity contribution in [2.24, 2.45) is 0 Å². The topological polar surface area (TPSA) is 80.3 Å². The maximum Gasteiger partial charge on any atom is 0.407 e. The van der Waals surface area contributed by atoms with Crippen molar-refractivity contribution in [3.63, 3.8) is 0 Å². The number of likely N-dealkylation sites (N-methyl/N-ethyl adjacent to an activating group) is 1. The lowest BCUT2D eigenvalue weighted by atomic mass is 9.99. The molecule has 1 aliphatic rings. The number of nitrogens with zero attached hydrogens (tertiary/aromatic N) is 1. The molecule has 200 valence electrons. The summed E-state index contributed by atoms with van der Waals surface area (Å²) in [6.45, 7) is 5.67. The van der Waals surface area contributed by atoms with E-state index in [0.29, 0.717) is 6.54 Å². The van der Waals surface area contributed by atoms with Gasteiger partial charge in [0.2, 0.25) is 0 Å². The van der Waals surface area contributed by atoms with E-state index in [0.717, 1.165) is 41.8 Å². The van der Waals surface area contributed by atoms with Crippen molar-refractivity contribution in [3.05, 3.63) is 119 Å². The molecular weight excluding hydrogens is 480 g/mol. The number of carbonyl (C=O) groups is 1. The Morgan fingerprint density at radius 3 is 2.37 bits per heavy atom. The monoisotopic (exact) mass is 516 g/mol. The highest BCUT2D eigenvalue weighted by Crippen LogP contribution is 2.38. The molecule has 38 heavy (non-hydrogen) atoms. The van der Waals surface area contributed by atoms with Crippen molar-refractivity contribution < 1.29 is 24.1 Å². The molecule has 0 saturated carbocycles. The van der Waals surface area contributed by atoms with Gasteiger partial charge in [-0.3, -0.25) is 4.90 Å². The third-order valence-corrected chi connectivity index (χ3v) is 6.45.